The molecule has 0 atom stereocenters. The average molecular weight is 469 g/mol. The summed E-state index contributed by atoms with van der Waals surface area (Å²) in [7, 11) is 0. The second kappa shape index (κ2) is 9.24. The number of nitrogens with zero attached hydrogens (tertiary/aromatic N) is 2. The van der Waals surface area contributed by atoms with Crippen LogP contribution in [0.3, 0.4) is 0 Å². The van der Waals surface area contributed by atoms with Gasteiger partial charge in [0, 0.05) is 37.8 Å². The molecule has 0 unspecified atom stereocenters. The molecule has 2 N–H and O–H groups in total. The molecule has 3 aromatic rings. The first kappa shape index (κ1) is 21.5. The van der Waals surface area contributed by atoms with Crippen LogP contribution in [0.2, 0.25) is 0 Å². The Kier molecular flexibility index (Phi) is 6.01. The molecular formula is C23H21FN4O4S. The third-order valence-electron chi connectivity index (χ3n) is 5.44. The number of amides is 1. The number of carbonyl (C=O) groups excluding carboxylic acids is 1. The number of H-pyrrole nitrogens is 1. The van der Waals surface area contributed by atoms with Crippen LogP contribution >= 0.6 is 11.8 Å². The van der Waals surface area contributed by atoms with Crippen LogP contribution in [0.4, 0.5) is 10.1 Å². The zero-order valence-electron chi connectivity index (χ0n) is 17.6. The molecular weight excluding hydrogens is 447 g/mol. The number of rotatable bonds is 6. The molecule has 0 fully saturated rings. The van der Waals surface area contributed by atoms with E-state index < -0.39 is 0 Å². The molecule has 2 aromatic carbocycles. The summed E-state index contributed by atoms with van der Waals surface area (Å²) < 4.78 is 23.7. The van der Waals surface area contributed by atoms with Gasteiger partial charge in [-0.2, -0.15) is 0 Å². The molecule has 0 saturated heterocycles. The second-order valence-corrected chi connectivity index (χ2v) is 8.75. The summed E-state index contributed by atoms with van der Waals surface area (Å²) in [6.07, 6.45) is 0.636. The van der Waals surface area contributed by atoms with E-state index in [4.69, 9.17) is 9.47 Å². The Morgan fingerprint density at radius 1 is 1.18 bits per heavy atom. The van der Waals surface area contributed by atoms with Gasteiger partial charge in [0.05, 0.1) is 17.0 Å². The minimum Gasteiger partial charge on any atom is -0.454 e. The number of hydrogen-bond donors (Lipinski definition) is 2. The number of fused-ring (bicyclic) bond motifs is 2. The van der Waals surface area contributed by atoms with E-state index in [1.54, 1.807) is 30.3 Å². The van der Waals surface area contributed by atoms with Gasteiger partial charge in [0.25, 0.3) is 5.56 Å². The van der Waals surface area contributed by atoms with E-state index >= 15 is 0 Å². The first-order valence-electron chi connectivity index (χ1n) is 10.4. The smallest absolute Gasteiger partial charge is 0.256 e. The van der Waals surface area contributed by atoms with Gasteiger partial charge in [-0.15, -0.1) is 0 Å². The highest BCUT2D eigenvalue weighted by atomic mass is 32.2. The highest BCUT2D eigenvalue weighted by Crippen LogP contribution is 2.34. The summed E-state index contributed by atoms with van der Waals surface area (Å²) in [5, 5.41) is 3.23. The topological polar surface area (TPSA) is 96.6 Å². The van der Waals surface area contributed by atoms with Crippen LogP contribution in [-0.2, 0) is 24.3 Å². The van der Waals surface area contributed by atoms with E-state index in [9.17, 15) is 14.0 Å². The number of halogens is 1. The molecule has 0 radical (unpaired) electrons. The number of aromatic amines is 1. The van der Waals surface area contributed by atoms with Crippen molar-refractivity contribution in [1.29, 1.82) is 0 Å². The zero-order chi connectivity index (χ0) is 22.8. The minimum absolute atomic E-state index is 0.104. The van der Waals surface area contributed by atoms with Crippen LogP contribution < -0.4 is 20.3 Å². The first-order chi connectivity index (χ1) is 16.0. The summed E-state index contributed by atoms with van der Waals surface area (Å²) in [5.41, 5.74) is 2.80. The van der Waals surface area contributed by atoms with Crippen molar-refractivity contribution in [2.75, 3.05) is 24.4 Å². The van der Waals surface area contributed by atoms with Crippen molar-refractivity contribution in [3.8, 4) is 11.5 Å². The molecule has 0 spiro atoms. The largest absolute Gasteiger partial charge is 0.454 e. The number of anilines is 1. The molecule has 1 amide bonds. The van der Waals surface area contributed by atoms with Crippen molar-refractivity contribution in [2.24, 2.45) is 0 Å². The monoisotopic (exact) mass is 468 g/mol. The molecule has 10 heteroatoms. The maximum Gasteiger partial charge on any atom is 0.256 e. The number of nitrogens with one attached hydrogen (secondary N) is 2. The van der Waals surface area contributed by atoms with Gasteiger partial charge in [-0.25, -0.2) is 9.37 Å². The lowest BCUT2D eigenvalue weighted by molar-refractivity contribution is -0.113. The summed E-state index contributed by atoms with van der Waals surface area (Å²) in [6.45, 7) is 2.03. The fraction of sp³-hybridized carbons (Fsp3) is 0.261. The van der Waals surface area contributed by atoms with E-state index in [0.717, 1.165) is 17.8 Å². The normalized spacial score (nSPS) is 14.7. The molecule has 3 heterocycles. The molecule has 0 bridgehead atoms. The lowest BCUT2D eigenvalue weighted by Crippen LogP contribution is -2.35. The number of benzene rings is 2. The van der Waals surface area contributed by atoms with E-state index in [2.05, 4.69) is 20.2 Å². The Morgan fingerprint density at radius 3 is 2.85 bits per heavy atom. The molecule has 2 aliphatic rings. The van der Waals surface area contributed by atoms with Crippen LogP contribution in [-0.4, -0.2) is 39.9 Å². The summed E-state index contributed by atoms with van der Waals surface area (Å²) in [5.74, 6) is 0.860. The molecule has 0 aliphatic carbocycles. The van der Waals surface area contributed by atoms with E-state index in [-0.39, 0.29) is 29.8 Å². The lowest BCUT2D eigenvalue weighted by Gasteiger charge is -2.27. The molecule has 0 saturated carbocycles. The Balaban J connectivity index is 1.19. The molecule has 170 valence electrons. The standard InChI is InChI=1S/C23H21FN4O4S/c24-15-3-1-14(2-4-15)10-28-8-7-18-17(11-28)22(30)27-23(26-18)33-12-21(29)25-16-5-6-19-20(9-16)32-13-31-19/h1-6,9H,7-8,10-13H2,(H,25,29)(H,26,27,30). The van der Waals surface area contributed by atoms with E-state index in [1.165, 1.54) is 23.9 Å². The van der Waals surface area contributed by atoms with Gasteiger partial charge in [0.15, 0.2) is 16.7 Å². The highest BCUT2D eigenvalue weighted by Gasteiger charge is 2.22. The number of thioether (sulfide) groups is 1. The Morgan fingerprint density at radius 2 is 2.00 bits per heavy atom. The van der Waals surface area contributed by atoms with Crippen molar-refractivity contribution in [3.63, 3.8) is 0 Å². The van der Waals surface area contributed by atoms with Gasteiger partial charge < -0.3 is 19.8 Å². The van der Waals surface area contributed by atoms with Crippen molar-refractivity contribution in [3.05, 3.63) is 75.5 Å². The van der Waals surface area contributed by atoms with Gasteiger partial charge in [0.2, 0.25) is 12.7 Å². The van der Waals surface area contributed by atoms with Crippen LogP contribution in [0.25, 0.3) is 0 Å². The van der Waals surface area contributed by atoms with Crippen molar-refractivity contribution in [1.82, 2.24) is 14.9 Å². The summed E-state index contributed by atoms with van der Waals surface area (Å²) in [4.78, 5) is 34.5. The highest BCUT2D eigenvalue weighted by molar-refractivity contribution is 7.99. The lowest BCUT2D eigenvalue weighted by atomic mass is 10.1. The quantitative estimate of drug-likeness (QED) is 0.424. The zero-order valence-corrected chi connectivity index (χ0v) is 18.4. The number of carbonyl (C=O) groups is 1. The maximum absolute atomic E-state index is 13.1. The van der Waals surface area contributed by atoms with Gasteiger partial charge in [-0.05, 0) is 29.8 Å². The summed E-state index contributed by atoms with van der Waals surface area (Å²) in [6, 6.07) is 11.6. The van der Waals surface area contributed by atoms with Gasteiger partial charge in [-0.1, -0.05) is 23.9 Å². The fourth-order valence-electron chi connectivity index (χ4n) is 3.81. The van der Waals surface area contributed by atoms with E-state index in [1.807, 2.05) is 0 Å². The third kappa shape index (κ3) is 5.01. The number of hydrogen-bond acceptors (Lipinski definition) is 7. The van der Waals surface area contributed by atoms with Crippen LogP contribution in [0, 0.1) is 5.82 Å². The van der Waals surface area contributed by atoms with Crippen LogP contribution in [0.15, 0.2) is 52.4 Å². The van der Waals surface area contributed by atoms with Crippen molar-refractivity contribution >= 4 is 23.4 Å². The predicted molar refractivity (Wildman–Crippen MR) is 121 cm³/mol. The van der Waals surface area contributed by atoms with Crippen molar-refractivity contribution in [2.45, 2.75) is 24.7 Å². The van der Waals surface area contributed by atoms with Crippen molar-refractivity contribution < 1.29 is 18.7 Å². The minimum atomic E-state index is -0.266. The molecule has 1 aromatic heterocycles. The van der Waals surface area contributed by atoms with Gasteiger partial charge in [0.1, 0.15) is 5.82 Å². The predicted octanol–water partition coefficient (Wildman–Crippen LogP) is 2.93. The first-order valence-corrected chi connectivity index (χ1v) is 11.4. The summed E-state index contributed by atoms with van der Waals surface area (Å²) >= 11 is 1.18. The number of aromatic nitrogens is 2. The molecule has 33 heavy (non-hydrogen) atoms. The Bertz CT molecular complexity index is 1250. The second-order valence-electron chi connectivity index (χ2n) is 7.79. The SMILES string of the molecule is O=C(CSc1nc2c(c(=O)[nH]1)CN(Cc1ccc(F)cc1)CC2)Nc1ccc2c(c1)OCO2. The Labute approximate surface area is 193 Å². The Hall–Kier alpha value is -3.37. The van der Waals surface area contributed by atoms with E-state index in [0.29, 0.717) is 47.4 Å². The number of ether oxygens (including phenoxy) is 2. The van der Waals surface area contributed by atoms with Crippen LogP contribution in [0.5, 0.6) is 11.5 Å². The maximum atomic E-state index is 13.1. The molecule has 8 nitrogen and oxygen atoms in total. The van der Waals surface area contributed by atoms with Gasteiger partial charge in [-0.3, -0.25) is 14.5 Å². The molecule has 2 aliphatic heterocycles. The van der Waals surface area contributed by atoms with Gasteiger partial charge >= 0.3 is 0 Å². The third-order valence-corrected chi connectivity index (χ3v) is 6.32. The average Bonchev–Trinajstić information content (AvgIpc) is 3.28. The van der Waals surface area contributed by atoms with Crippen LogP contribution in [0.1, 0.15) is 16.8 Å². The molecule has 5 rings (SSSR count). The fourth-order valence-corrected chi connectivity index (χ4v) is 4.49.